The highest BCUT2D eigenvalue weighted by molar-refractivity contribution is 8.00. The first-order valence-corrected chi connectivity index (χ1v) is 7.76. The van der Waals surface area contributed by atoms with E-state index in [0.717, 1.165) is 11.6 Å². The van der Waals surface area contributed by atoms with Gasteiger partial charge in [-0.2, -0.15) is 0 Å². The second kappa shape index (κ2) is 5.65. The van der Waals surface area contributed by atoms with Crippen molar-refractivity contribution in [3.8, 4) is 11.4 Å². The summed E-state index contributed by atoms with van der Waals surface area (Å²) in [5.74, 6) is 2.13. The van der Waals surface area contributed by atoms with Crippen molar-refractivity contribution >= 4 is 23.5 Å². The van der Waals surface area contributed by atoms with Crippen LogP contribution in [0.4, 0.5) is 0 Å². The van der Waals surface area contributed by atoms with E-state index >= 15 is 0 Å². The van der Waals surface area contributed by atoms with E-state index in [2.05, 4.69) is 40.9 Å². The SMILES string of the molecule is CCSc1cccc(SC)c1-c1nccn1C. The fourth-order valence-corrected chi connectivity index (χ4v) is 3.30. The highest BCUT2D eigenvalue weighted by Gasteiger charge is 2.13. The molecule has 0 bridgehead atoms. The van der Waals surface area contributed by atoms with Crippen LogP contribution in [0.25, 0.3) is 11.4 Å². The molecule has 17 heavy (non-hydrogen) atoms. The smallest absolute Gasteiger partial charge is 0.141 e. The Bertz CT molecular complexity index is 506. The third-order valence-corrected chi connectivity index (χ3v) is 4.27. The first-order valence-electron chi connectivity index (χ1n) is 5.55. The molecule has 0 atom stereocenters. The molecule has 0 unspecified atom stereocenters. The predicted molar refractivity (Wildman–Crippen MR) is 76.8 cm³/mol. The first kappa shape index (κ1) is 12.6. The van der Waals surface area contributed by atoms with Crippen LogP contribution in [0.2, 0.25) is 0 Å². The lowest BCUT2D eigenvalue weighted by molar-refractivity contribution is 0.916. The summed E-state index contributed by atoms with van der Waals surface area (Å²) in [6.07, 6.45) is 5.96. The highest BCUT2D eigenvalue weighted by Crippen LogP contribution is 2.37. The van der Waals surface area contributed by atoms with E-state index in [-0.39, 0.29) is 0 Å². The monoisotopic (exact) mass is 264 g/mol. The average Bonchev–Trinajstić information content (AvgIpc) is 2.75. The molecule has 0 radical (unpaired) electrons. The van der Waals surface area contributed by atoms with Gasteiger partial charge in [0.25, 0.3) is 0 Å². The summed E-state index contributed by atoms with van der Waals surface area (Å²) < 4.78 is 2.08. The van der Waals surface area contributed by atoms with Crippen LogP contribution in [0, 0.1) is 0 Å². The van der Waals surface area contributed by atoms with Crippen LogP contribution < -0.4 is 0 Å². The zero-order valence-corrected chi connectivity index (χ0v) is 11.9. The van der Waals surface area contributed by atoms with Crippen LogP contribution in [0.1, 0.15) is 6.92 Å². The average molecular weight is 264 g/mol. The molecule has 0 spiro atoms. The lowest BCUT2D eigenvalue weighted by atomic mass is 10.2. The van der Waals surface area contributed by atoms with Crippen LogP contribution in [0.15, 0.2) is 40.4 Å². The Morgan fingerprint density at radius 2 is 2.06 bits per heavy atom. The Kier molecular flexibility index (Phi) is 4.18. The molecule has 1 heterocycles. The molecule has 0 aliphatic heterocycles. The number of nitrogens with zero attached hydrogens (tertiary/aromatic N) is 2. The topological polar surface area (TPSA) is 17.8 Å². The highest BCUT2D eigenvalue weighted by atomic mass is 32.2. The van der Waals surface area contributed by atoms with Crippen LogP contribution in [-0.2, 0) is 7.05 Å². The molecule has 0 amide bonds. The van der Waals surface area contributed by atoms with E-state index < -0.39 is 0 Å². The number of aromatic nitrogens is 2. The number of hydrogen-bond donors (Lipinski definition) is 0. The van der Waals surface area contributed by atoms with Gasteiger partial charge in [-0.3, -0.25) is 0 Å². The Balaban J connectivity index is 2.60. The molecule has 2 nitrogen and oxygen atoms in total. The maximum atomic E-state index is 4.47. The Labute approximate surface area is 111 Å². The summed E-state index contributed by atoms with van der Waals surface area (Å²) in [5.41, 5.74) is 1.26. The molecular formula is C13H16N2S2. The summed E-state index contributed by atoms with van der Waals surface area (Å²) in [6.45, 7) is 2.18. The third-order valence-electron chi connectivity index (χ3n) is 2.55. The van der Waals surface area contributed by atoms with Gasteiger partial charge in [-0.1, -0.05) is 13.0 Å². The van der Waals surface area contributed by atoms with Gasteiger partial charge in [0.1, 0.15) is 5.82 Å². The van der Waals surface area contributed by atoms with E-state index in [0.29, 0.717) is 0 Å². The largest absolute Gasteiger partial charge is 0.334 e. The standard InChI is InChI=1S/C13H16N2S2/c1-4-17-11-7-5-6-10(16-3)12(11)13-14-8-9-15(13)2/h5-9H,4H2,1-3H3. The molecule has 0 N–H and O–H groups in total. The van der Waals surface area contributed by atoms with Crippen LogP contribution in [0.3, 0.4) is 0 Å². The summed E-state index contributed by atoms with van der Waals surface area (Å²) in [5, 5.41) is 0. The molecule has 1 aromatic carbocycles. The van der Waals surface area contributed by atoms with Crippen molar-refractivity contribution in [3.05, 3.63) is 30.6 Å². The number of thioether (sulfide) groups is 2. The van der Waals surface area contributed by atoms with Gasteiger partial charge >= 0.3 is 0 Å². The molecule has 0 aliphatic carbocycles. The second-order valence-electron chi connectivity index (χ2n) is 3.63. The fourth-order valence-electron chi connectivity index (χ4n) is 1.78. The van der Waals surface area contributed by atoms with Crippen LogP contribution in [0.5, 0.6) is 0 Å². The third kappa shape index (κ3) is 2.53. The lowest BCUT2D eigenvalue weighted by Gasteiger charge is -2.12. The van der Waals surface area contributed by atoms with E-state index in [1.54, 1.807) is 11.8 Å². The summed E-state index contributed by atoms with van der Waals surface area (Å²) in [4.78, 5) is 7.08. The molecule has 2 rings (SSSR count). The quantitative estimate of drug-likeness (QED) is 0.779. The molecule has 0 saturated carbocycles. The van der Waals surface area contributed by atoms with Crippen molar-refractivity contribution in [1.29, 1.82) is 0 Å². The molecule has 1 aromatic heterocycles. The molecule has 90 valence electrons. The van der Waals surface area contributed by atoms with Crippen molar-refractivity contribution in [2.24, 2.45) is 7.05 Å². The van der Waals surface area contributed by atoms with E-state index in [9.17, 15) is 0 Å². The molecule has 0 aliphatic rings. The Morgan fingerprint density at radius 3 is 2.65 bits per heavy atom. The van der Waals surface area contributed by atoms with Gasteiger partial charge in [-0.05, 0) is 24.1 Å². The number of aryl methyl sites for hydroxylation is 1. The molecule has 0 fully saturated rings. The van der Waals surface area contributed by atoms with Crippen molar-refractivity contribution in [2.45, 2.75) is 16.7 Å². The van der Waals surface area contributed by atoms with Gasteiger partial charge in [0.05, 0.1) is 0 Å². The molecular weight excluding hydrogens is 248 g/mol. The molecule has 2 aromatic rings. The zero-order valence-electron chi connectivity index (χ0n) is 10.3. The van der Waals surface area contributed by atoms with Gasteiger partial charge in [0.15, 0.2) is 0 Å². The maximum Gasteiger partial charge on any atom is 0.141 e. The number of imidazole rings is 1. The van der Waals surface area contributed by atoms with Crippen molar-refractivity contribution in [2.75, 3.05) is 12.0 Å². The Morgan fingerprint density at radius 1 is 1.29 bits per heavy atom. The van der Waals surface area contributed by atoms with E-state index in [1.165, 1.54) is 15.4 Å². The normalized spacial score (nSPS) is 10.8. The molecule has 4 heteroatoms. The number of benzene rings is 1. The van der Waals surface area contributed by atoms with Gasteiger partial charge in [0, 0.05) is 34.8 Å². The van der Waals surface area contributed by atoms with Crippen molar-refractivity contribution < 1.29 is 0 Å². The predicted octanol–water partition coefficient (Wildman–Crippen LogP) is 3.92. The van der Waals surface area contributed by atoms with Crippen molar-refractivity contribution in [3.63, 3.8) is 0 Å². The van der Waals surface area contributed by atoms with E-state index in [1.807, 2.05) is 31.2 Å². The summed E-state index contributed by atoms with van der Waals surface area (Å²) in [6, 6.07) is 6.46. The van der Waals surface area contributed by atoms with Crippen LogP contribution in [-0.4, -0.2) is 21.6 Å². The second-order valence-corrected chi connectivity index (χ2v) is 5.78. The van der Waals surface area contributed by atoms with Gasteiger partial charge in [-0.25, -0.2) is 4.98 Å². The minimum absolute atomic E-state index is 1.05. The van der Waals surface area contributed by atoms with Gasteiger partial charge < -0.3 is 4.57 Å². The number of hydrogen-bond acceptors (Lipinski definition) is 3. The van der Waals surface area contributed by atoms with Crippen LogP contribution >= 0.6 is 23.5 Å². The number of rotatable bonds is 4. The van der Waals surface area contributed by atoms with Crippen molar-refractivity contribution in [1.82, 2.24) is 9.55 Å². The minimum Gasteiger partial charge on any atom is -0.334 e. The first-order chi connectivity index (χ1) is 8.27. The van der Waals surface area contributed by atoms with E-state index in [4.69, 9.17) is 0 Å². The summed E-state index contributed by atoms with van der Waals surface area (Å²) in [7, 11) is 2.04. The fraction of sp³-hybridized carbons (Fsp3) is 0.308. The van der Waals surface area contributed by atoms with Gasteiger partial charge in [-0.15, -0.1) is 23.5 Å². The summed E-state index contributed by atoms with van der Waals surface area (Å²) >= 11 is 3.65. The maximum absolute atomic E-state index is 4.47. The Hall–Kier alpha value is -0.870. The zero-order chi connectivity index (χ0) is 12.3. The molecule has 0 saturated heterocycles. The van der Waals surface area contributed by atoms with Gasteiger partial charge in [0.2, 0.25) is 0 Å². The lowest BCUT2D eigenvalue weighted by Crippen LogP contribution is -1.95. The minimum atomic E-state index is 1.05.